The summed E-state index contributed by atoms with van der Waals surface area (Å²) < 4.78 is 5.96. The second kappa shape index (κ2) is 12.2. The van der Waals surface area contributed by atoms with E-state index in [0.717, 1.165) is 12.8 Å². The standard InChI is InChI=1S/C15H28NOSi.BrH.Mg/c1-12(2)9-8-10-13(3)11-15(14(4)16)17-18(5,6)7;;/h9,11,15H,8,10H2,1-7H3;1H;/q-1;;+2/p-1/b13-11-;;. The van der Waals surface area contributed by atoms with Crippen molar-refractivity contribution in [3.05, 3.63) is 28.7 Å². The van der Waals surface area contributed by atoms with Gasteiger partial charge in [-0.3, -0.25) is 0 Å². The molecule has 2 nitrogen and oxygen atoms in total. The molecule has 0 fully saturated rings. The molecular formula is C15H28BrMgNOSi. The molecule has 0 heterocycles. The molecule has 0 bridgehead atoms. The van der Waals surface area contributed by atoms with E-state index in [2.05, 4.69) is 46.5 Å². The summed E-state index contributed by atoms with van der Waals surface area (Å²) in [4.78, 5) is 0. The van der Waals surface area contributed by atoms with Gasteiger partial charge in [0.15, 0.2) is 8.32 Å². The van der Waals surface area contributed by atoms with Gasteiger partial charge in [0.25, 0.3) is 0 Å². The van der Waals surface area contributed by atoms with Gasteiger partial charge in [-0.05, 0) is 53.3 Å². The van der Waals surface area contributed by atoms with Crippen LogP contribution in [0.2, 0.25) is 19.6 Å². The van der Waals surface area contributed by atoms with Crippen LogP contribution in [-0.2, 0) is 4.43 Å². The van der Waals surface area contributed by atoms with E-state index in [-0.39, 0.29) is 46.1 Å². The third-order valence-corrected chi connectivity index (χ3v) is 3.38. The smallest absolute Gasteiger partial charge is 1.00 e. The molecule has 0 aromatic rings. The van der Waals surface area contributed by atoms with Crippen LogP contribution in [0.15, 0.2) is 23.3 Å². The maximum Gasteiger partial charge on any atom is 2.00 e. The largest absolute Gasteiger partial charge is 2.00 e. The van der Waals surface area contributed by atoms with Gasteiger partial charge < -0.3 is 26.8 Å². The molecule has 0 aliphatic carbocycles. The molecule has 20 heavy (non-hydrogen) atoms. The molecule has 0 saturated heterocycles. The molecule has 112 valence electrons. The molecule has 0 radical (unpaired) electrons. The van der Waals surface area contributed by atoms with Crippen LogP contribution in [0.3, 0.4) is 0 Å². The van der Waals surface area contributed by atoms with Crippen molar-refractivity contribution in [3.8, 4) is 0 Å². The van der Waals surface area contributed by atoms with E-state index >= 15 is 0 Å². The zero-order valence-corrected chi connectivity index (χ0v) is 18.1. The summed E-state index contributed by atoms with van der Waals surface area (Å²) in [6.07, 6.45) is 6.11. The van der Waals surface area contributed by atoms with Crippen molar-refractivity contribution in [1.29, 1.82) is 0 Å². The first-order valence-electron chi connectivity index (χ1n) is 6.62. The molecule has 1 unspecified atom stereocenters. The van der Waals surface area contributed by atoms with E-state index in [9.17, 15) is 5.41 Å². The molecule has 0 aliphatic heterocycles. The van der Waals surface area contributed by atoms with E-state index in [1.807, 2.05) is 6.08 Å². The predicted octanol–water partition coefficient (Wildman–Crippen LogP) is 1.55. The van der Waals surface area contributed by atoms with Crippen molar-refractivity contribution >= 4 is 37.1 Å². The number of hydrogen-bond acceptors (Lipinski definition) is 1. The van der Waals surface area contributed by atoms with E-state index < -0.39 is 8.32 Å². The minimum absolute atomic E-state index is 0. The molecule has 0 saturated carbocycles. The second-order valence-corrected chi connectivity index (χ2v) is 10.6. The van der Waals surface area contributed by atoms with Gasteiger partial charge in [0.1, 0.15) is 0 Å². The number of hydrogen-bond donors (Lipinski definition) is 0. The van der Waals surface area contributed by atoms with Crippen LogP contribution >= 0.6 is 0 Å². The van der Waals surface area contributed by atoms with E-state index in [0.29, 0.717) is 5.71 Å². The summed E-state index contributed by atoms with van der Waals surface area (Å²) in [5.41, 5.74) is 2.96. The molecule has 1 atom stereocenters. The Labute approximate surface area is 153 Å². The number of nitrogens with zero attached hydrogens (tertiary/aromatic N) is 1. The van der Waals surface area contributed by atoms with Crippen LogP contribution in [-0.4, -0.2) is 43.2 Å². The molecule has 0 spiro atoms. The van der Waals surface area contributed by atoms with E-state index in [1.54, 1.807) is 6.92 Å². The van der Waals surface area contributed by atoms with Crippen LogP contribution in [0.5, 0.6) is 0 Å². The summed E-state index contributed by atoms with van der Waals surface area (Å²) in [6, 6.07) is 0. The van der Waals surface area contributed by atoms with Gasteiger partial charge in [0, 0.05) is 0 Å². The number of rotatable bonds is 7. The topological polar surface area (TPSA) is 31.5 Å². The van der Waals surface area contributed by atoms with Gasteiger partial charge in [0.05, 0.1) is 6.10 Å². The second-order valence-electron chi connectivity index (χ2n) is 6.13. The molecule has 5 heteroatoms. The molecule has 0 amide bonds. The van der Waals surface area contributed by atoms with Crippen LogP contribution in [0.4, 0.5) is 0 Å². The van der Waals surface area contributed by atoms with Crippen molar-refractivity contribution in [1.82, 2.24) is 0 Å². The number of allylic oxidation sites excluding steroid dienone is 3. The van der Waals surface area contributed by atoms with E-state index in [4.69, 9.17) is 4.43 Å². The van der Waals surface area contributed by atoms with Crippen LogP contribution in [0.25, 0.3) is 5.41 Å². The number of halogens is 1. The monoisotopic (exact) mass is 369 g/mol. The summed E-state index contributed by atoms with van der Waals surface area (Å²) in [7, 11) is -1.64. The molecule has 0 aliphatic rings. The Hall–Kier alpha value is 0.573. The Morgan fingerprint density at radius 1 is 1.15 bits per heavy atom. The Morgan fingerprint density at radius 3 is 2.00 bits per heavy atom. The van der Waals surface area contributed by atoms with Crippen molar-refractivity contribution in [2.75, 3.05) is 0 Å². The van der Waals surface area contributed by atoms with Gasteiger partial charge in [0.2, 0.25) is 0 Å². The summed E-state index contributed by atoms with van der Waals surface area (Å²) in [6.45, 7) is 14.4. The molecule has 0 aromatic carbocycles. The average Bonchev–Trinajstić information content (AvgIpc) is 2.13. The van der Waals surface area contributed by atoms with Gasteiger partial charge in [-0.15, -0.1) is 0 Å². The first-order valence-corrected chi connectivity index (χ1v) is 10.0. The SMILES string of the molecule is CC(=[N-])C(/C=C(/C)CCC=C(C)C)O[Si](C)(C)C.[Br-].[Mg+2]. The summed E-state index contributed by atoms with van der Waals surface area (Å²) in [5.74, 6) is 0. The average molecular weight is 371 g/mol. The van der Waals surface area contributed by atoms with E-state index in [1.165, 1.54) is 11.1 Å². The minimum Gasteiger partial charge on any atom is -1.00 e. The van der Waals surface area contributed by atoms with Crippen LogP contribution < -0.4 is 17.0 Å². The van der Waals surface area contributed by atoms with Gasteiger partial charge >= 0.3 is 23.1 Å². The van der Waals surface area contributed by atoms with Gasteiger partial charge in [-0.2, -0.15) is 5.71 Å². The van der Waals surface area contributed by atoms with Crippen molar-refractivity contribution in [3.63, 3.8) is 0 Å². The van der Waals surface area contributed by atoms with Crippen molar-refractivity contribution < 1.29 is 21.4 Å². The quantitative estimate of drug-likeness (QED) is 0.380. The maximum atomic E-state index is 9.70. The van der Waals surface area contributed by atoms with Crippen LogP contribution in [0.1, 0.15) is 40.5 Å². The fourth-order valence-electron chi connectivity index (χ4n) is 1.55. The zero-order chi connectivity index (χ0) is 14.3. The minimum atomic E-state index is -1.64. The van der Waals surface area contributed by atoms with Crippen LogP contribution in [0, 0.1) is 0 Å². The third-order valence-electron chi connectivity index (χ3n) is 2.42. The van der Waals surface area contributed by atoms with Crippen molar-refractivity contribution in [2.45, 2.75) is 66.3 Å². The zero-order valence-electron chi connectivity index (χ0n) is 14.1. The Kier molecular flexibility index (Phi) is 15.5. The molecule has 0 N–H and O–H groups in total. The fourth-order valence-corrected chi connectivity index (χ4v) is 2.55. The third kappa shape index (κ3) is 15.0. The van der Waals surface area contributed by atoms with Crippen molar-refractivity contribution in [2.24, 2.45) is 0 Å². The predicted molar refractivity (Wildman–Crippen MR) is 90.4 cm³/mol. The summed E-state index contributed by atoms with van der Waals surface area (Å²) >= 11 is 0. The maximum absolute atomic E-state index is 9.70. The molecule has 0 aromatic heterocycles. The van der Waals surface area contributed by atoms with Gasteiger partial charge in [-0.25, -0.2) is 0 Å². The Balaban J connectivity index is -0.00000144. The first-order chi connectivity index (χ1) is 8.11. The Morgan fingerprint density at radius 2 is 1.65 bits per heavy atom. The molecule has 0 rings (SSSR count). The van der Waals surface area contributed by atoms with Gasteiger partial charge in [-0.1, -0.05) is 30.2 Å². The summed E-state index contributed by atoms with van der Waals surface area (Å²) in [5, 5.41) is 9.70. The first kappa shape index (κ1) is 25.5. The Bertz CT molecular complexity index is 344. The fraction of sp³-hybridized carbons (Fsp3) is 0.667. The normalized spacial score (nSPS) is 12.8. The molecular weight excluding hydrogens is 342 g/mol.